The van der Waals surface area contributed by atoms with Crippen LogP contribution in [-0.4, -0.2) is 118 Å². The second-order valence-corrected chi connectivity index (χ2v) is 19.3. The molecule has 2 aromatic carbocycles. The molecule has 5 atom stereocenters. The van der Waals surface area contributed by atoms with Crippen molar-refractivity contribution in [2.75, 3.05) is 39.1 Å². The number of carbonyl (C=O) groups excluding carboxylic acids is 3. The van der Waals surface area contributed by atoms with Crippen molar-refractivity contribution >= 4 is 55.5 Å². The molecule has 2 aromatic rings. The molecule has 1 aliphatic carbocycles. The number of rotatable bonds is 22. The van der Waals surface area contributed by atoms with Gasteiger partial charge in [-0.15, -0.1) is 6.58 Å². The Morgan fingerprint density at radius 2 is 1.70 bits per heavy atom. The fourth-order valence-corrected chi connectivity index (χ4v) is 9.79. The van der Waals surface area contributed by atoms with Crippen molar-refractivity contribution in [1.29, 1.82) is 0 Å². The van der Waals surface area contributed by atoms with E-state index in [2.05, 4.69) is 21.9 Å². The monoisotopic (exact) mass is 890 g/mol. The fraction of sp³-hybridized carbons (Fsp3) is 0.538. The Bertz CT molecular complexity index is 2220. The summed E-state index contributed by atoms with van der Waals surface area (Å²) in [5, 5.41) is 26.6. The lowest BCUT2D eigenvalue weighted by Gasteiger charge is -2.23. The summed E-state index contributed by atoms with van der Waals surface area (Å²) in [7, 11) is -3.57. The Morgan fingerprint density at radius 3 is 2.36 bits per heavy atom. The molecule has 2 heterocycles. The minimum atomic E-state index is -4.49. The average Bonchev–Trinajstić information content (AvgIpc) is 3.48. The number of ether oxygens (including phenoxy) is 1. The van der Waals surface area contributed by atoms with Crippen LogP contribution in [0, 0.1) is 16.0 Å². The first kappa shape index (κ1) is 46.9. The molecule has 0 aromatic heterocycles. The number of fused-ring (bicyclic) bond motifs is 1. The number of benzene rings is 2. The van der Waals surface area contributed by atoms with Crippen molar-refractivity contribution < 1.29 is 50.8 Å². The van der Waals surface area contributed by atoms with Crippen molar-refractivity contribution in [2.24, 2.45) is 5.92 Å². The molecule has 5 N–H and O–H groups in total. The first-order valence-electron chi connectivity index (χ1n) is 20.0. The summed E-state index contributed by atoms with van der Waals surface area (Å²) >= 11 is 0. The summed E-state index contributed by atoms with van der Waals surface area (Å²) in [5.41, 5.74) is 0.910. The second-order valence-electron chi connectivity index (χ2n) is 15.8. The van der Waals surface area contributed by atoms with E-state index < -0.39 is 89.3 Å². The Labute approximate surface area is 355 Å². The number of hydrogen-bond acceptors (Lipinski definition) is 13. The van der Waals surface area contributed by atoms with Gasteiger partial charge in [0.1, 0.15) is 17.7 Å². The number of carbonyl (C=O) groups is 4. The van der Waals surface area contributed by atoms with E-state index in [4.69, 9.17) is 4.74 Å². The number of hydrogen-bond donors (Lipinski definition) is 5. The number of carboxylic acid groups (broad SMARTS) is 1. The topological polar surface area (TPSA) is 267 Å². The van der Waals surface area contributed by atoms with Gasteiger partial charge in [0.25, 0.3) is 11.6 Å². The largest absolute Gasteiger partial charge is 0.480 e. The van der Waals surface area contributed by atoms with Crippen LogP contribution in [0.25, 0.3) is 0 Å². The van der Waals surface area contributed by atoms with Crippen LogP contribution in [0.5, 0.6) is 0 Å². The van der Waals surface area contributed by atoms with Crippen LogP contribution in [0.15, 0.2) is 60.0 Å². The van der Waals surface area contributed by atoms with Crippen LogP contribution >= 0.6 is 0 Å². The van der Waals surface area contributed by atoms with Crippen LogP contribution in [0.3, 0.4) is 0 Å². The molecule has 3 amide bonds. The third-order valence-electron chi connectivity index (χ3n) is 11.2. The van der Waals surface area contributed by atoms with Gasteiger partial charge in [-0.1, -0.05) is 56.4 Å². The third-order valence-corrected chi connectivity index (χ3v) is 14.2. The van der Waals surface area contributed by atoms with Crippen molar-refractivity contribution in [3.05, 3.63) is 76.4 Å². The Balaban J connectivity index is 1.01. The predicted octanol–water partition coefficient (Wildman–Crippen LogP) is 2.36. The maximum Gasteiger partial charge on any atom is 0.410 e. The first-order valence-corrected chi connectivity index (χ1v) is 22.9. The van der Waals surface area contributed by atoms with Gasteiger partial charge in [-0.3, -0.25) is 29.4 Å². The number of sulfonamides is 1. The molecule has 334 valence electrons. The predicted molar refractivity (Wildman–Crippen MR) is 223 cm³/mol. The normalized spacial score (nSPS) is 21.3. The highest BCUT2D eigenvalue weighted by Gasteiger charge is 2.61. The van der Waals surface area contributed by atoms with Crippen LogP contribution in [0.2, 0.25) is 0 Å². The minimum absolute atomic E-state index is 0.0507. The molecule has 22 heteroatoms. The molecule has 61 heavy (non-hydrogen) atoms. The van der Waals surface area contributed by atoms with Gasteiger partial charge in [0.05, 0.1) is 11.0 Å². The van der Waals surface area contributed by atoms with Gasteiger partial charge in [0, 0.05) is 71.4 Å². The van der Waals surface area contributed by atoms with E-state index in [9.17, 15) is 51.2 Å². The SMILES string of the molecule is C=C[C@@H]1C[C@]1(NC(=O)[C@@H]1C[C@@H](OC(=O)N2Cc3ccc(N(C)C)cc3C2)CN1)C(=O)NS(=O)(=O)N(C)CCCCCCCC[C@H](NS(=O)(=O)c1ccccc1[N+](=O)[O-])C(=O)O. The Morgan fingerprint density at radius 1 is 1.03 bits per heavy atom. The average molecular weight is 891 g/mol. The first-order chi connectivity index (χ1) is 28.8. The van der Waals surface area contributed by atoms with Gasteiger partial charge >= 0.3 is 22.3 Å². The van der Waals surface area contributed by atoms with Crippen molar-refractivity contribution in [3.63, 3.8) is 0 Å². The maximum atomic E-state index is 13.5. The molecule has 3 aliphatic rings. The van der Waals surface area contributed by atoms with E-state index in [1.54, 1.807) is 4.90 Å². The maximum absolute atomic E-state index is 13.5. The molecule has 0 bridgehead atoms. The molecule has 5 rings (SSSR count). The highest BCUT2D eigenvalue weighted by molar-refractivity contribution is 7.89. The molecular weight excluding hydrogens is 837 g/mol. The number of nitro groups is 1. The molecule has 0 spiro atoms. The lowest BCUT2D eigenvalue weighted by molar-refractivity contribution is -0.387. The molecule has 20 nitrogen and oxygen atoms in total. The van der Waals surface area contributed by atoms with Crippen LogP contribution in [0.1, 0.15) is 68.9 Å². The number of anilines is 1. The Hall–Kier alpha value is -5.16. The standard InChI is InChI=1S/C39H54N8O12S2/c1-5-28-22-39(28,41-35(48)32-21-30(23-40-32)59-38(52)46-24-26-17-18-29(44(2)3)20-27(26)25-46)37(51)43-61(57,58)45(4)19-13-9-7-6-8-10-14-31(36(49)50)42-60(55,56)34-16-12-11-15-33(34)47(53)54/h5,11-12,15-18,20,28,30-32,40,42H,1,6-10,13-14,19,21-25H2,2-4H3,(H,41,48)(H,43,51)(H,49,50)/t28-,30-,31+,32+,39-/m1/s1. The number of nitro benzene ring substituents is 1. The smallest absolute Gasteiger partial charge is 0.410 e. The van der Waals surface area contributed by atoms with Gasteiger partial charge in [-0.2, -0.15) is 17.4 Å². The molecule has 0 unspecified atom stereocenters. The molecule has 2 aliphatic heterocycles. The Kier molecular flexibility index (Phi) is 15.1. The number of aliphatic carboxylic acids is 1. The fourth-order valence-electron chi connectivity index (χ4n) is 7.45. The summed E-state index contributed by atoms with van der Waals surface area (Å²) in [6.07, 6.45) is 3.90. The van der Waals surface area contributed by atoms with Gasteiger partial charge in [-0.25, -0.2) is 17.9 Å². The molecule has 1 saturated heterocycles. The quantitative estimate of drug-likeness (QED) is 0.0492. The summed E-state index contributed by atoms with van der Waals surface area (Å²) in [6.45, 7) is 4.85. The summed E-state index contributed by atoms with van der Waals surface area (Å²) in [5.74, 6) is -3.36. The molecule has 0 radical (unpaired) electrons. The van der Waals surface area contributed by atoms with Crippen molar-refractivity contribution in [3.8, 4) is 0 Å². The number of carboxylic acids is 1. The molecule has 1 saturated carbocycles. The lowest BCUT2D eigenvalue weighted by Crippen LogP contribution is -2.56. The highest BCUT2D eigenvalue weighted by atomic mass is 32.2. The van der Waals surface area contributed by atoms with E-state index in [1.807, 2.05) is 41.9 Å². The van der Waals surface area contributed by atoms with E-state index in [0.29, 0.717) is 51.6 Å². The molecular formula is C39H54N8O12S2. The number of para-hydroxylation sites is 1. The van der Waals surface area contributed by atoms with E-state index >= 15 is 0 Å². The van der Waals surface area contributed by atoms with Gasteiger partial charge in [0.2, 0.25) is 15.9 Å². The van der Waals surface area contributed by atoms with E-state index in [0.717, 1.165) is 33.3 Å². The van der Waals surface area contributed by atoms with E-state index in [1.165, 1.54) is 25.3 Å². The van der Waals surface area contributed by atoms with Gasteiger partial charge in [-0.05, 0) is 48.6 Å². The van der Waals surface area contributed by atoms with Gasteiger partial charge < -0.3 is 25.4 Å². The zero-order valence-electron chi connectivity index (χ0n) is 34.4. The lowest BCUT2D eigenvalue weighted by atomic mass is 10.1. The minimum Gasteiger partial charge on any atom is -0.480 e. The van der Waals surface area contributed by atoms with Gasteiger partial charge in [0.15, 0.2) is 4.90 Å². The molecule has 2 fully saturated rings. The zero-order valence-corrected chi connectivity index (χ0v) is 36.0. The number of nitrogens with one attached hydrogen (secondary N) is 4. The number of unbranched alkanes of at least 4 members (excludes halogenated alkanes) is 5. The summed E-state index contributed by atoms with van der Waals surface area (Å²) < 4.78 is 62.7. The number of amides is 3. The second kappa shape index (κ2) is 19.7. The summed E-state index contributed by atoms with van der Waals surface area (Å²) in [6, 6.07) is 8.38. The zero-order chi connectivity index (χ0) is 44.7. The van der Waals surface area contributed by atoms with E-state index in [-0.39, 0.29) is 32.4 Å². The highest BCUT2D eigenvalue weighted by Crippen LogP contribution is 2.45. The van der Waals surface area contributed by atoms with Crippen molar-refractivity contribution in [2.45, 2.75) is 99.5 Å². The van der Waals surface area contributed by atoms with Crippen LogP contribution in [-0.2, 0) is 52.4 Å². The van der Waals surface area contributed by atoms with Crippen molar-refractivity contribution in [1.82, 2.24) is 29.3 Å². The van der Waals surface area contributed by atoms with Crippen LogP contribution in [0.4, 0.5) is 16.2 Å². The summed E-state index contributed by atoms with van der Waals surface area (Å²) in [4.78, 5) is 65.0. The number of nitrogens with zero attached hydrogens (tertiary/aromatic N) is 4. The third kappa shape index (κ3) is 11.6. The van der Waals surface area contributed by atoms with Crippen LogP contribution < -0.4 is 25.0 Å².